The molecule has 0 fully saturated rings. The average molecular weight is 305 g/mol. The predicted molar refractivity (Wildman–Crippen MR) is 83.9 cm³/mol. The molecule has 0 saturated heterocycles. The van der Waals surface area contributed by atoms with Crippen molar-refractivity contribution in [3.63, 3.8) is 0 Å². The van der Waals surface area contributed by atoms with E-state index in [9.17, 15) is 9.59 Å². The summed E-state index contributed by atoms with van der Waals surface area (Å²) >= 11 is 0. The molecule has 22 heavy (non-hydrogen) atoms. The van der Waals surface area contributed by atoms with Crippen LogP contribution in [-0.2, 0) is 0 Å². The molecule has 2 heterocycles. The van der Waals surface area contributed by atoms with Gasteiger partial charge in [0.25, 0.3) is 11.8 Å². The lowest BCUT2D eigenvalue weighted by atomic mass is 10.2. The van der Waals surface area contributed by atoms with Crippen LogP contribution in [0.5, 0.6) is 0 Å². The Hall–Kier alpha value is -1.99. The topological polar surface area (TPSA) is 77.6 Å². The van der Waals surface area contributed by atoms with Gasteiger partial charge in [-0.15, -0.1) is 0 Å². The Balaban J connectivity index is 2.11. The van der Waals surface area contributed by atoms with Gasteiger partial charge >= 0.3 is 0 Å². The summed E-state index contributed by atoms with van der Waals surface area (Å²) in [4.78, 5) is 32.6. The molecule has 0 unspecified atom stereocenters. The molecule has 1 aromatic rings. The highest BCUT2D eigenvalue weighted by Crippen LogP contribution is 2.00. The minimum Gasteiger partial charge on any atom is -0.349 e. The first-order valence-corrected chi connectivity index (χ1v) is 7.47. The van der Waals surface area contributed by atoms with Gasteiger partial charge in [0.2, 0.25) is 0 Å². The highest BCUT2D eigenvalue weighted by molar-refractivity contribution is 5.96. The van der Waals surface area contributed by atoms with Gasteiger partial charge in [-0.2, -0.15) is 0 Å². The minimum atomic E-state index is -0.255. The van der Waals surface area contributed by atoms with Gasteiger partial charge in [-0.3, -0.25) is 9.59 Å². The second-order valence-electron chi connectivity index (χ2n) is 5.53. The van der Waals surface area contributed by atoms with Crippen LogP contribution in [0.4, 0.5) is 0 Å². The molecule has 0 saturated carbocycles. The van der Waals surface area contributed by atoms with Gasteiger partial charge in [0.1, 0.15) is 11.4 Å². The molecule has 2 amide bonds. The molecule has 1 aliphatic heterocycles. The van der Waals surface area contributed by atoms with Gasteiger partial charge in [0.15, 0.2) is 0 Å². The summed E-state index contributed by atoms with van der Waals surface area (Å²) in [5, 5.41) is 5.66. The van der Waals surface area contributed by atoms with Gasteiger partial charge in [-0.1, -0.05) is 6.07 Å². The second-order valence-corrected chi connectivity index (χ2v) is 5.53. The number of pyridine rings is 1. The van der Waals surface area contributed by atoms with Crippen LogP contribution in [0.2, 0.25) is 0 Å². The van der Waals surface area contributed by atoms with E-state index in [1.54, 1.807) is 18.2 Å². The standard InChI is InChI=1S/C15H23N5O2/c1-19-8-6-16-14(21)12-4-3-5-13(18-12)15(22)17-7-9-20(2)11-10-19/h3-5H,6-11H2,1-2H3,(H,16,21)(H,17,22). The fourth-order valence-electron chi connectivity index (χ4n) is 2.15. The van der Waals surface area contributed by atoms with Crippen LogP contribution in [0.3, 0.4) is 0 Å². The number of hydrogen-bond acceptors (Lipinski definition) is 5. The first-order valence-electron chi connectivity index (χ1n) is 7.47. The molecule has 0 aromatic carbocycles. The number of likely N-dealkylation sites (N-methyl/N-ethyl adjacent to an activating group) is 2. The number of carbonyl (C=O) groups is 2. The van der Waals surface area contributed by atoms with Crippen molar-refractivity contribution in [2.45, 2.75) is 0 Å². The van der Waals surface area contributed by atoms with Gasteiger partial charge in [-0.25, -0.2) is 4.98 Å². The van der Waals surface area contributed by atoms with Crippen molar-refractivity contribution in [3.05, 3.63) is 29.6 Å². The molecule has 1 aliphatic rings. The number of aromatic nitrogens is 1. The fourth-order valence-corrected chi connectivity index (χ4v) is 2.15. The average Bonchev–Trinajstić information content (AvgIpc) is 2.52. The largest absolute Gasteiger partial charge is 0.349 e. The van der Waals surface area contributed by atoms with Crippen LogP contribution in [0.15, 0.2) is 18.2 Å². The number of hydrogen-bond donors (Lipinski definition) is 2. The molecular weight excluding hydrogens is 282 g/mol. The second kappa shape index (κ2) is 7.86. The van der Waals surface area contributed by atoms with E-state index in [2.05, 4.69) is 25.4 Å². The molecule has 0 atom stereocenters. The third-order valence-electron chi connectivity index (χ3n) is 3.64. The van der Waals surface area contributed by atoms with Crippen LogP contribution in [0.25, 0.3) is 0 Å². The van der Waals surface area contributed by atoms with E-state index < -0.39 is 0 Å². The van der Waals surface area contributed by atoms with Crippen LogP contribution >= 0.6 is 0 Å². The molecule has 2 bridgehead atoms. The highest BCUT2D eigenvalue weighted by Gasteiger charge is 2.13. The Morgan fingerprint density at radius 2 is 1.32 bits per heavy atom. The maximum atomic E-state index is 12.0. The van der Waals surface area contributed by atoms with E-state index in [1.807, 2.05) is 14.1 Å². The lowest BCUT2D eigenvalue weighted by Gasteiger charge is -2.22. The van der Waals surface area contributed by atoms with Gasteiger partial charge in [-0.05, 0) is 26.2 Å². The van der Waals surface area contributed by atoms with Gasteiger partial charge in [0, 0.05) is 39.3 Å². The number of amides is 2. The van der Waals surface area contributed by atoms with E-state index in [0.717, 1.165) is 26.2 Å². The van der Waals surface area contributed by atoms with Crippen molar-refractivity contribution in [1.82, 2.24) is 25.4 Å². The molecule has 1 aromatic heterocycles. The first-order chi connectivity index (χ1) is 10.6. The van der Waals surface area contributed by atoms with Crippen molar-refractivity contribution in [2.75, 3.05) is 53.4 Å². The molecule has 2 N–H and O–H groups in total. The lowest BCUT2D eigenvalue weighted by molar-refractivity contribution is 0.0942. The van der Waals surface area contributed by atoms with E-state index >= 15 is 0 Å². The SMILES string of the molecule is CN1CCNC(=O)c2cccc(n2)C(=O)NCCN(C)CC1. The van der Waals surface area contributed by atoms with Crippen molar-refractivity contribution in [1.29, 1.82) is 0 Å². The minimum absolute atomic E-state index is 0.255. The van der Waals surface area contributed by atoms with Crippen LogP contribution < -0.4 is 10.6 Å². The third-order valence-corrected chi connectivity index (χ3v) is 3.64. The van der Waals surface area contributed by atoms with E-state index in [0.29, 0.717) is 13.1 Å². The Morgan fingerprint density at radius 3 is 1.77 bits per heavy atom. The monoisotopic (exact) mass is 305 g/mol. The zero-order chi connectivity index (χ0) is 15.9. The molecule has 0 radical (unpaired) electrons. The molecule has 7 nitrogen and oxygen atoms in total. The smallest absolute Gasteiger partial charge is 0.269 e. The Morgan fingerprint density at radius 1 is 0.864 bits per heavy atom. The summed E-state index contributed by atoms with van der Waals surface area (Å²) in [6.45, 7) is 4.47. The van der Waals surface area contributed by atoms with E-state index in [1.165, 1.54) is 0 Å². The van der Waals surface area contributed by atoms with Gasteiger partial charge < -0.3 is 20.4 Å². The van der Waals surface area contributed by atoms with Gasteiger partial charge in [0.05, 0.1) is 0 Å². The quantitative estimate of drug-likeness (QED) is 0.670. The molecule has 120 valence electrons. The van der Waals surface area contributed by atoms with Crippen molar-refractivity contribution >= 4 is 11.8 Å². The number of carbonyl (C=O) groups excluding carboxylic acids is 2. The third kappa shape index (κ3) is 4.78. The lowest BCUT2D eigenvalue weighted by Crippen LogP contribution is -2.38. The molecule has 0 spiro atoms. The van der Waals surface area contributed by atoms with Crippen molar-refractivity contribution < 1.29 is 9.59 Å². The summed E-state index contributed by atoms with van der Waals surface area (Å²) in [5.41, 5.74) is 0.532. The van der Waals surface area contributed by atoms with Crippen molar-refractivity contribution in [2.24, 2.45) is 0 Å². The summed E-state index contributed by atoms with van der Waals surface area (Å²) < 4.78 is 0. The zero-order valence-electron chi connectivity index (χ0n) is 13.1. The normalized spacial score (nSPS) is 19.7. The molecule has 2 rings (SSSR count). The maximum absolute atomic E-state index is 12.0. The summed E-state index contributed by atoms with van der Waals surface area (Å²) in [7, 11) is 4.05. The van der Waals surface area contributed by atoms with E-state index in [-0.39, 0.29) is 23.2 Å². The molecule has 7 heteroatoms. The number of fused-ring (bicyclic) bond motifs is 2. The van der Waals surface area contributed by atoms with Crippen LogP contribution in [0, 0.1) is 0 Å². The number of nitrogens with zero attached hydrogens (tertiary/aromatic N) is 3. The molecular formula is C15H23N5O2. The Labute approximate surface area is 130 Å². The summed E-state index contributed by atoms with van der Waals surface area (Å²) in [6.07, 6.45) is 0. The fraction of sp³-hybridized carbons (Fsp3) is 0.533. The Kier molecular flexibility index (Phi) is 5.85. The zero-order valence-corrected chi connectivity index (χ0v) is 13.1. The predicted octanol–water partition coefficient (Wildman–Crippen LogP) is -0.582. The highest BCUT2D eigenvalue weighted by atomic mass is 16.2. The maximum Gasteiger partial charge on any atom is 0.269 e. The first kappa shape index (κ1) is 16.4. The van der Waals surface area contributed by atoms with E-state index in [4.69, 9.17) is 0 Å². The van der Waals surface area contributed by atoms with Crippen molar-refractivity contribution in [3.8, 4) is 0 Å². The number of nitrogens with one attached hydrogen (secondary N) is 2. The molecule has 0 aliphatic carbocycles. The Bertz CT molecular complexity index is 491. The summed E-state index contributed by atoms with van der Waals surface area (Å²) in [5.74, 6) is -0.509. The van der Waals surface area contributed by atoms with Crippen LogP contribution in [-0.4, -0.2) is 80.0 Å². The van der Waals surface area contributed by atoms with Crippen LogP contribution in [0.1, 0.15) is 21.0 Å². The summed E-state index contributed by atoms with van der Waals surface area (Å²) in [6, 6.07) is 4.90. The number of rotatable bonds is 0.